The van der Waals surface area contributed by atoms with E-state index in [9.17, 15) is 5.21 Å². The first-order valence-corrected chi connectivity index (χ1v) is 4.79. The van der Waals surface area contributed by atoms with Crippen LogP contribution in [0.25, 0.3) is 0 Å². The number of hydrogen-bond acceptors (Lipinski definition) is 3. The second kappa shape index (κ2) is 3.35. The summed E-state index contributed by atoms with van der Waals surface area (Å²) in [5.41, 5.74) is 0.526. The van der Waals surface area contributed by atoms with E-state index in [0.29, 0.717) is 6.54 Å². The van der Waals surface area contributed by atoms with Gasteiger partial charge in [0.2, 0.25) is 0 Å². The van der Waals surface area contributed by atoms with Crippen LogP contribution in [0.15, 0.2) is 30.3 Å². The van der Waals surface area contributed by atoms with Crippen LogP contribution in [-0.4, -0.2) is 22.5 Å². The lowest BCUT2D eigenvalue weighted by molar-refractivity contribution is -0.208. The molecule has 1 unspecified atom stereocenters. The third kappa shape index (κ3) is 1.66. The molecule has 1 heterocycles. The maximum Gasteiger partial charge on any atom is 0.139 e. The highest BCUT2D eigenvalue weighted by molar-refractivity contribution is 5.18. The molecule has 0 spiro atoms. The first-order chi connectivity index (χ1) is 6.59. The maximum atomic E-state index is 9.60. The molecule has 0 saturated carbocycles. The van der Waals surface area contributed by atoms with E-state index in [2.05, 4.69) is 0 Å². The standard InChI is InChI=1S/C11H15NO2/c1-11(2)12(13)8-10(14-11)9-6-4-3-5-7-9/h3-7,10,13H,8H2,1-2H3. The fourth-order valence-electron chi connectivity index (χ4n) is 1.66. The molecule has 1 atom stereocenters. The first-order valence-electron chi connectivity index (χ1n) is 4.79. The Balaban J connectivity index is 2.17. The number of ether oxygens (including phenoxy) is 1. The average molecular weight is 193 g/mol. The van der Waals surface area contributed by atoms with Gasteiger partial charge in [-0.05, 0) is 19.4 Å². The molecule has 2 rings (SSSR count). The van der Waals surface area contributed by atoms with E-state index in [1.807, 2.05) is 44.2 Å². The molecular formula is C11H15NO2. The lowest BCUT2D eigenvalue weighted by Gasteiger charge is -2.23. The molecule has 1 aliphatic heterocycles. The van der Waals surface area contributed by atoms with Crippen molar-refractivity contribution in [3.63, 3.8) is 0 Å². The van der Waals surface area contributed by atoms with E-state index in [-0.39, 0.29) is 6.10 Å². The largest absolute Gasteiger partial charge is 0.350 e. The van der Waals surface area contributed by atoms with Crippen LogP contribution < -0.4 is 0 Å². The third-order valence-electron chi connectivity index (χ3n) is 2.56. The highest BCUT2D eigenvalue weighted by Gasteiger charge is 2.39. The predicted octanol–water partition coefficient (Wildman–Crippen LogP) is 2.19. The van der Waals surface area contributed by atoms with Crippen molar-refractivity contribution in [1.29, 1.82) is 0 Å². The minimum atomic E-state index is -0.583. The zero-order chi connectivity index (χ0) is 10.2. The quantitative estimate of drug-likeness (QED) is 0.742. The summed E-state index contributed by atoms with van der Waals surface area (Å²) in [4.78, 5) is 0. The van der Waals surface area contributed by atoms with Crippen molar-refractivity contribution in [2.24, 2.45) is 0 Å². The van der Waals surface area contributed by atoms with Crippen LogP contribution in [0.5, 0.6) is 0 Å². The minimum absolute atomic E-state index is 0.0313. The SMILES string of the molecule is CC1(C)OC(c2ccccc2)CN1O. The monoisotopic (exact) mass is 193 g/mol. The van der Waals surface area contributed by atoms with Crippen LogP contribution in [0.4, 0.5) is 0 Å². The van der Waals surface area contributed by atoms with Gasteiger partial charge in [-0.25, -0.2) is 0 Å². The molecule has 76 valence electrons. The zero-order valence-corrected chi connectivity index (χ0v) is 8.47. The van der Waals surface area contributed by atoms with Gasteiger partial charge in [0.05, 0.1) is 6.54 Å². The van der Waals surface area contributed by atoms with Gasteiger partial charge in [-0.2, -0.15) is 5.06 Å². The summed E-state index contributed by atoms with van der Waals surface area (Å²) in [6.45, 7) is 4.24. The Hall–Kier alpha value is -0.900. The van der Waals surface area contributed by atoms with Crippen molar-refractivity contribution in [3.8, 4) is 0 Å². The summed E-state index contributed by atoms with van der Waals surface area (Å²) >= 11 is 0. The molecule has 3 heteroatoms. The Kier molecular flexibility index (Phi) is 2.31. The Morgan fingerprint density at radius 3 is 2.50 bits per heavy atom. The van der Waals surface area contributed by atoms with Gasteiger partial charge in [-0.1, -0.05) is 30.3 Å². The third-order valence-corrected chi connectivity index (χ3v) is 2.56. The van der Waals surface area contributed by atoms with E-state index in [1.54, 1.807) is 0 Å². The molecule has 1 aliphatic rings. The molecule has 0 amide bonds. The Bertz CT molecular complexity index is 310. The Morgan fingerprint density at radius 1 is 1.36 bits per heavy atom. The second-order valence-electron chi connectivity index (χ2n) is 4.05. The number of hydroxylamine groups is 2. The average Bonchev–Trinajstić information content (AvgIpc) is 2.43. The van der Waals surface area contributed by atoms with E-state index >= 15 is 0 Å². The van der Waals surface area contributed by atoms with Gasteiger partial charge in [-0.15, -0.1) is 0 Å². The van der Waals surface area contributed by atoms with Crippen molar-refractivity contribution in [2.45, 2.75) is 25.7 Å². The predicted molar refractivity (Wildman–Crippen MR) is 52.8 cm³/mol. The Labute approximate surface area is 83.9 Å². The molecule has 14 heavy (non-hydrogen) atoms. The number of nitrogens with zero attached hydrogens (tertiary/aromatic N) is 1. The summed E-state index contributed by atoms with van der Waals surface area (Å²) < 4.78 is 5.72. The molecule has 1 fully saturated rings. The van der Waals surface area contributed by atoms with Crippen molar-refractivity contribution in [1.82, 2.24) is 5.06 Å². The fourth-order valence-corrected chi connectivity index (χ4v) is 1.66. The van der Waals surface area contributed by atoms with E-state index < -0.39 is 5.72 Å². The molecular weight excluding hydrogens is 178 g/mol. The second-order valence-corrected chi connectivity index (χ2v) is 4.05. The van der Waals surface area contributed by atoms with Crippen molar-refractivity contribution < 1.29 is 9.94 Å². The lowest BCUT2D eigenvalue weighted by atomic mass is 10.1. The highest BCUT2D eigenvalue weighted by Crippen LogP contribution is 2.33. The molecule has 0 radical (unpaired) electrons. The summed E-state index contributed by atoms with van der Waals surface area (Å²) in [5, 5.41) is 10.8. The van der Waals surface area contributed by atoms with Gasteiger partial charge < -0.3 is 9.94 Å². The van der Waals surface area contributed by atoms with Crippen LogP contribution in [0.1, 0.15) is 25.5 Å². The molecule has 1 saturated heterocycles. The summed E-state index contributed by atoms with van der Waals surface area (Å²) in [7, 11) is 0. The highest BCUT2D eigenvalue weighted by atomic mass is 16.6. The van der Waals surface area contributed by atoms with Crippen LogP contribution in [0.3, 0.4) is 0 Å². The Morgan fingerprint density at radius 2 is 2.00 bits per heavy atom. The van der Waals surface area contributed by atoms with Gasteiger partial charge in [0, 0.05) is 0 Å². The van der Waals surface area contributed by atoms with Gasteiger partial charge in [-0.3, -0.25) is 0 Å². The van der Waals surface area contributed by atoms with Crippen molar-refractivity contribution >= 4 is 0 Å². The molecule has 1 N–H and O–H groups in total. The summed E-state index contributed by atoms with van der Waals surface area (Å²) in [6, 6.07) is 9.96. The van der Waals surface area contributed by atoms with Crippen molar-refractivity contribution in [3.05, 3.63) is 35.9 Å². The minimum Gasteiger partial charge on any atom is -0.350 e. The topological polar surface area (TPSA) is 32.7 Å². The first kappa shape index (κ1) is 9.65. The van der Waals surface area contributed by atoms with Crippen LogP contribution in [0.2, 0.25) is 0 Å². The smallest absolute Gasteiger partial charge is 0.139 e. The van der Waals surface area contributed by atoms with Crippen LogP contribution >= 0.6 is 0 Å². The fraction of sp³-hybridized carbons (Fsp3) is 0.455. The van der Waals surface area contributed by atoms with Gasteiger partial charge in [0.25, 0.3) is 0 Å². The van der Waals surface area contributed by atoms with Crippen molar-refractivity contribution in [2.75, 3.05) is 6.54 Å². The maximum absolute atomic E-state index is 9.60. The van der Waals surface area contributed by atoms with E-state index in [1.165, 1.54) is 5.06 Å². The molecule has 0 aliphatic carbocycles. The molecule has 1 aromatic rings. The molecule has 1 aromatic carbocycles. The van der Waals surface area contributed by atoms with Crippen LogP contribution in [-0.2, 0) is 4.74 Å². The van der Waals surface area contributed by atoms with E-state index in [4.69, 9.17) is 4.74 Å². The number of rotatable bonds is 1. The summed E-state index contributed by atoms with van der Waals surface area (Å²) in [5.74, 6) is 0. The normalized spacial score (nSPS) is 26.6. The molecule has 0 bridgehead atoms. The zero-order valence-electron chi connectivity index (χ0n) is 8.47. The van der Waals surface area contributed by atoms with Gasteiger partial charge >= 0.3 is 0 Å². The van der Waals surface area contributed by atoms with Gasteiger partial charge in [0.1, 0.15) is 11.8 Å². The molecule has 0 aromatic heterocycles. The molecule has 3 nitrogen and oxygen atoms in total. The lowest BCUT2D eigenvalue weighted by Crippen LogP contribution is -2.36. The summed E-state index contributed by atoms with van der Waals surface area (Å²) in [6.07, 6.45) is -0.0313. The van der Waals surface area contributed by atoms with E-state index in [0.717, 1.165) is 5.56 Å². The number of hydrogen-bond donors (Lipinski definition) is 1. The van der Waals surface area contributed by atoms with Gasteiger partial charge in [0.15, 0.2) is 0 Å². The number of benzene rings is 1. The van der Waals surface area contributed by atoms with Crippen LogP contribution in [0, 0.1) is 0 Å².